The monoisotopic (exact) mass is 412 g/mol. The summed E-state index contributed by atoms with van der Waals surface area (Å²) in [6, 6.07) is 13.1. The van der Waals surface area contributed by atoms with Crippen LogP contribution in [0.3, 0.4) is 0 Å². The van der Waals surface area contributed by atoms with Crippen molar-refractivity contribution in [1.29, 1.82) is 0 Å². The lowest BCUT2D eigenvalue weighted by Crippen LogP contribution is -2.52. The van der Waals surface area contributed by atoms with Crippen LogP contribution in [0.2, 0.25) is 0 Å². The molecule has 4 rings (SSSR count). The largest absolute Gasteiger partial charge is 0.396 e. The van der Waals surface area contributed by atoms with Crippen molar-refractivity contribution in [1.82, 2.24) is 19.6 Å². The van der Waals surface area contributed by atoms with Gasteiger partial charge in [-0.2, -0.15) is 5.10 Å². The van der Waals surface area contributed by atoms with Crippen LogP contribution in [0.25, 0.3) is 5.69 Å². The Morgan fingerprint density at radius 3 is 2.30 bits per heavy atom. The van der Waals surface area contributed by atoms with Crippen molar-refractivity contribution >= 4 is 0 Å². The van der Waals surface area contributed by atoms with Gasteiger partial charge in [-0.05, 0) is 48.4 Å². The molecule has 5 nitrogen and oxygen atoms in total. The average Bonchev–Trinajstić information content (AvgIpc) is 3.21. The first-order valence-electron chi connectivity index (χ1n) is 10.2. The molecule has 0 radical (unpaired) electrons. The molecular weight excluding hydrogens is 386 g/mol. The summed E-state index contributed by atoms with van der Waals surface area (Å²) in [6.07, 6.45) is 4.51. The second-order valence-electron chi connectivity index (χ2n) is 7.77. The SMILES string of the molecule is OCC[C@@H]1CN(Cc2cnn(-c3ccc(F)cc3)c2)CCN1Cc1ccc(F)cc1. The summed E-state index contributed by atoms with van der Waals surface area (Å²) in [4.78, 5) is 4.73. The molecule has 1 N–H and O–H groups in total. The van der Waals surface area contributed by atoms with E-state index >= 15 is 0 Å². The summed E-state index contributed by atoms with van der Waals surface area (Å²) < 4.78 is 28.1. The number of aliphatic hydroxyl groups is 1. The van der Waals surface area contributed by atoms with Crippen LogP contribution in [0.15, 0.2) is 60.9 Å². The second kappa shape index (κ2) is 9.47. The summed E-state index contributed by atoms with van der Waals surface area (Å²) in [5.41, 5.74) is 2.99. The van der Waals surface area contributed by atoms with Gasteiger partial charge in [0.15, 0.2) is 0 Å². The van der Waals surface area contributed by atoms with Gasteiger partial charge in [-0.25, -0.2) is 13.5 Å². The van der Waals surface area contributed by atoms with Crippen molar-refractivity contribution in [3.63, 3.8) is 0 Å². The quantitative estimate of drug-likeness (QED) is 0.647. The molecule has 7 heteroatoms. The molecule has 1 aromatic heterocycles. The number of aliphatic hydroxyl groups excluding tert-OH is 1. The van der Waals surface area contributed by atoms with Crippen LogP contribution in [0.4, 0.5) is 8.78 Å². The first-order valence-corrected chi connectivity index (χ1v) is 10.2. The molecule has 1 aliphatic rings. The van der Waals surface area contributed by atoms with Crippen LogP contribution in [0.5, 0.6) is 0 Å². The highest BCUT2D eigenvalue weighted by Gasteiger charge is 2.27. The molecule has 1 saturated heterocycles. The maximum absolute atomic E-state index is 13.2. The van der Waals surface area contributed by atoms with Gasteiger partial charge in [0, 0.05) is 57.1 Å². The van der Waals surface area contributed by atoms with Gasteiger partial charge in [-0.3, -0.25) is 9.80 Å². The molecule has 2 heterocycles. The Balaban J connectivity index is 1.38. The summed E-state index contributed by atoms with van der Waals surface area (Å²) in [5, 5.41) is 13.9. The van der Waals surface area contributed by atoms with Gasteiger partial charge in [0.2, 0.25) is 0 Å². The maximum Gasteiger partial charge on any atom is 0.123 e. The molecule has 0 aliphatic carbocycles. The number of nitrogens with zero attached hydrogens (tertiary/aromatic N) is 4. The fourth-order valence-electron chi connectivity index (χ4n) is 3.99. The van der Waals surface area contributed by atoms with E-state index in [0.29, 0.717) is 6.42 Å². The number of hydrogen-bond acceptors (Lipinski definition) is 4. The zero-order chi connectivity index (χ0) is 20.9. The fourth-order valence-corrected chi connectivity index (χ4v) is 3.99. The molecule has 2 aromatic carbocycles. The molecule has 1 atom stereocenters. The molecule has 1 aliphatic heterocycles. The number of rotatable bonds is 7. The third-order valence-electron chi connectivity index (χ3n) is 5.58. The second-order valence-corrected chi connectivity index (χ2v) is 7.77. The van der Waals surface area contributed by atoms with Crippen LogP contribution < -0.4 is 0 Å². The Kier molecular flexibility index (Phi) is 6.52. The molecule has 30 heavy (non-hydrogen) atoms. The van der Waals surface area contributed by atoms with Gasteiger partial charge in [0.05, 0.1) is 11.9 Å². The lowest BCUT2D eigenvalue weighted by Gasteiger charge is -2.41. The van der Waals surface area contributed by atoms with E-state index in [-0.39, 0.29) is 24.3 Å². The molecule has 3 aromatic rings. The Bertz CT molecular complexity index is 943. The Labute approximate surface area is 175 Å². The number of aromatic nitrogens is 2. The van der Waals surface area contributed by atoms with Gasteiger partial charge >= 0.3 is 0 Å². The third kappa shape index (κ3) is 5.11. The van der Waals surface area contributed by atoms with E-state index in [0.717, 1.165) is 49.5 Å². The van der Waals surface area contributed by atoms with Crippen molar-refractivity contribution in [2.75, 3.05) is 26.2 Å². The van der Waals surface area contributed by atoms with Crippen molar-refractivity contribution in [2.45, 2.75) is 25.6 Å². The first kappa shape index (κ1) is 20.7. The Morgan fingerprint density at radius 2 is 1.60 bits per heavy atom. The lowest BCUT2D eigenvalue weighted by molar-refractivity contribution is 0.0499. The molecular formula is C23H26F2N4O. The van der Waals surface area contributed by atoms with Gasteiger partial charge in [-0.1, -0.05) is 12.1 Å². The minimum absolute atomic E-state index is 0.140. The molecule has 0 saturated carbocycles. The highest BCUT2D eigenvalue weighted by molar-refractivity contribution is 5.31. The number of halogens is 2. The minimum Gasteiger partial charge on any atom is -0.396 e. The number of hydrogen-bond donors (Lipinski definition) is 1. The topological polar surface area (TPSA) is 44.5 Å². The van der Waals surface area contributed by atoms with E-state index < -0.39 is 0 Å². The first-order chi connectivity index (χ1) is 14.6. The normalized spacial score (nSPS) is 18.0. The van der Waals surface area contributed by atoms with Gasteiger partial charge in [0.25, 0.3) is 0 Å². The average molecular weight is 412 g/mol. The lowest BCUT2D eigenvalue weighted by atomic mass is 10.1. The smallest absolute Gasteiger partial charge is 0.123 e. The van der Waals surface area contributed by atoms with Crippen LogP contribution in [-0.4, -0.2) is 57.0 Å². The van der Waals surface area contributed by atoms with E-state index in [4.69, 9.17) is 0 Å². The molecule has 0 bridgehead atoms. The zero-order valence-electron chi connectivity index (χ0n) is 16.8. The predicted octanol–water partition coefficient (Wildman–Crippen LogP) is 3.22. The summed E-state index contributed by atoms with van der Waals surface area (Å²) in [6.45, 7) is 4.30. The van der Waals surface area contributed by atoms with E-state index in [2.05, 4.69) is 14.9 Å². The third-order valence-corrected chi connectivity index (χ3v) is 5.58. The Morgan fingerprint density at radius 1 is 0.900 bits per heavy atom. The molecule has 0 unspecified atom stereocenters. The predicted molar refractivity (Wildman–Crippen MR) is 111 cm³/mol. The standard InChI is InChI=1S/C23H26F2N4O/c24-20-3-1-18(2-4-20)15-28-11-10-27(17-23(28)9-12-30)14-19-13-26-29(16-19)22-7-5-21(25)6-8-22/h1-8,13,16,23,30H,9-12,14-15,17H2/t23-/m1/s1. The van der Waals surface area contributed by atoms with Crippen molar-refractivity contribution in [3.05, 3.63) is 83.7 Å². The molecule has 0 spiro atoms. The summed E-state index contributed by atoms with van der Waals surface area (Å²) in [5.74, 6) is -0.490. The molecule has 1 fully saturated rings. The van der Waals surface area contributed by atoms with Gasteiger partial charge < -0.3 is 5.11 Å². The van der Waals surface area contributed by atoms with E-state index in [1.54, 1.807) is 16.8 Å². The highest BCUT2D eigenvalue weighted by Crippen LogP contribution is 2.19. The van der Waals surface area contributed by atoms with Crippen LogP contribution in [0, 0.1) is 11.6 Å². The zero-order valence-corrected chi connectivity index (χ0v) is 16.8. The molecule has 0 amide bonds. The molecule has 158 valence electrons. The maximum atomic E-state index is 13.2. The Hall–Kier alpha value is -2.61. The van der Waals surface area contributed by atoms with E-state index in [1.807, 2.05) is 24.5 Å². The highest BCUT2D eigenvalue weighted by atomic mass is 19.1. The minimum atomic E-state index is -0.264. The van der Waals surface area contributed by atoms with Crippen molar-refractivity contribution < 1.29 is 13.9 Å². The fraction of sp³-hybridized carbons (Fsp3) is 0.348. The van der Waals surface area contributed by atoms with Crippen LogP contribution in [0.1, 0.15) is 17.5 Å². The van der Waals surface area contributed by atoms with E-state index in [1.165, 1.54) is 24.3 Å². The summed E-state index contributed by atoms with van der Waals surface area (Å²) >= 11 is 0. The van der Waals surface area contributed by atoms with Crippen LogP contribution in [-0.2, 0) is 13.1 Å². The summed E-state index contributed by atoms with van der Waals surface area (Å²) in [7, 11) is 0. The van der Waals surface area contributed by atoms with Crippen molar-refractivity contribution in [2.24, 2.45) is 0 Å². The number of benzene rings is 2. The van der Waals surface area contributed by atoms with E-state index in [9.17, 15) is 13.9 Å². The van der Waals surface area contributed by atoms with Gasteiger partial charge in [-0.15, -0.1) is 0 Å². The number of piperazine rings is 1. The van der Waals surface area contributed by atoms with Crippen molar-refractivity contribution in [3.8, 4) is 5.69 Å². The van der Waals surface area contributed by atoms with Gasteiger partial charge in [0.1, 0.15) is 11.6 Å². The van der Waals surface area contributed by atoms with Crippen LogP contribution >= 0.6 is 0 Å².